The molecular formula is C19H18Cl2N4O2S. The molecule has 0 saturated heterocycles. The number of hydrogen-bond acceptors (Lipinski definition) is 4. The molecule has 0 bridgehead atoms. The maximum atomic E-state index is 12.3. The molecule has 2 N–H and O–H groups in total. The number of hydrogen-bond donors (Lipinski definition) is 2. The van der Waals surface area contributed by atoms with Gasteiger partial charge >= 0.3 is 0 Å². The molecule has 0 spiro atoms. The van der Waals surface area contributed by atoms with Gasteiger partial charge in [-0.25, -0.2) is 18.1 Å². The third-order valence-electron chi connectivity index (χ3n) is 3.87. The van der Waals surface area contributed by atoms with Crippen molar-refractivity contribution in [1.82, 2.24) is 14.7 Å². The summed E-state index contributed by atoms with van der Waals surface area (Å²) in [6, 6.07) is 16.3. The fraction of sp³-hybridized carbons (Fsp3) is 0.158. The standard InChI is InChI=1S/C19H17ClN4O2S.ClH/c20-17-3-1-2-16(8-17)11-23-27(25,26)13-18-12-22-19(24-18)9-14-4-6-15(10-21)7-5-14;/h1-8,12,23H,9,11,13H2,(H,22,24);1H. The van der Waals surface area contributed by atoms with Gasteiger partial charge in [-0.2, -0.15) is 5.26 Å². The monoisotopic (exact) mass is 436 g/mol. The molecule has 0 aliphatic rings. The lowest BCUT2D eigenvalue weighted by Crippen LogP contribution is -2.24. The normalized spacial score (nSPS) is 10.9. The van der Waals surface area contributed by atoms with Crippen molar-refractivity contribution in [3.63, 3.8) is 0 Å². The Kier molecular flexibility index (Phi) is 7.61. The van der Waals surface area contributed by atoms with E-state index >= 15 is 0 Å². The molecule has 1 aromatic heterocycles. The highest BCUT2D eigenvalue weighted by molar-refractivity contribution is 7.88. The van der Waals surface area contributed by atoms with Crippen molar-refractivity contribution in [3.05, 3.63) is 88.0 Å². The highest BCUT2D eigenvalue weighted by Crippen LogP contribution is 2.12. The number of nitriles is 1. The Balaban J connectivity index is 0.00000280. The molecular weight excluding hydrogens is 419 g/mol. The maximum Gasteiger partial charge on any atom is 0.217 e. The summed E-state index contributed by atoms with van der Waals surface area (Å²) in [5.74, 6) is 0.480. The topological polar surface area (TPSA) is 98.6 Å². The van der Waals surface area contributed by atoms with Gasteiger partial charge in [0.1, 0.15) is 11.6 Å². The van der Waals surface area contributed by atoms with E-state index in [-0.39, 0.29) is 24.7 Å². The molecule has 0 unspecified atom stereocenters. The van der Waals surface area contributed by atoms with E-state index in [0.29, 0.717) is 28.5 Å². The molecule has 28 heavy (non-hydrogen) atoms. The molecule has 0 radical (unpaired) electrons. The molecule has 3 rings (SSSR count). The second kappa shape index (κ2) is 9.71. The van der Waals surface area contributed by atoms with Crippen molar-refractivity contribution in [3.8, 4) is 6.07 Å². The number of imidazole rings is 1. The lowest BCUT2D eigenvalue weighted by atomic mass is 10.1. The van der Waals surface area contributed by atoms with Crippen LogP contribution < -0.4 is 4.72 Å². The molecule has 0 amide bonds. The van der Waals surface area contributed by atoms with Crippen molar-refractivity contribution in [2.45, 2.75) is 18.7 Å². The van der Waals surface area contributed by atoms with E-state index in [1.54, 1.807) is 36.4 Å². The lowest BCUT2D eigenvalue weighted by Gasteiger charge is -2.06. The van der Waals surface area contributed by atoms with Gasteiger partial charge in [0, 0.05) is 24.2 Å². The lowest BCUT2D eigenvalue weighted by molar-refractivity contribution is 0.580. The first-order chi connectivity index (χ1) is 12.9. The third kappa shape index (κ3) is 6.36. The van der Waals surface area contributed by atoms with Crippen LogP contribution in [0.25, 0.3) is 0 Å². The van der Waals surface area contributed by atoms with Gasteiger partial charge in [-0.1, -0.05) is 35.9 Å². The van der Waals surface area contributed by atoms with Crippen LogP contribution in [-0.2, 0) is 28.7 Å². The molecule has 0 atom stereocenters. The van der Waals surface area contributed by atoms with Crippen LogP contribution in [0.1, 0.15) is 28.2 Å². The van der Waals surface area contributed by atoms with Crippen LogP contribution in [0.5, 0.6) is 0 Å². The molecule has 146 valence electrons. The van der Waals surface area contributed by atoms with Gasteiger partial charge in [-0.3, -0.25) is 0 Å². The summed E-state index contributed by atoms with van der Waals surface area (Å²) < 4.78 is 27.1. The van der Waals surface area contributed by atoms with Gasteiger partial charge in [0.2, 0.25) is 10.0 Å². The van der Waals surface area contributed by atoms with Crippen LogP contribution in [0.4, 0.5) is 0 Å². The number of nitrogens with one attached hydrogen (secondary N) is 2. The summed E-state index contributed by atoms with van der Waals surface area (Å²) in [6.07, 6.45) is 2.05. The summed E-state index contributed by atoms with van der Waals surface area (Å²) in [6.45, 7) is 0.176. The number of H-pyrrole nitrogens is 1. The molecule has 9 heteroatoms. The van der Waals surface area contributed by atoms with Crippen LogP contribution in [-0.4, -0.2) is 18.4 Å². The fourth-order valence-electron chi connectivity index (χ4n) is 2.56. The predicted octanol–water partition coefficient (Wildman–Crippen LogP) is 3.57. The fourth-order valence-corrected chi connectivity index (χ4v) is 3.81. The van der Waals surface area contributed by atoms with Crippen LogP contribution in [0, 0.1) is 11.3 Å². The summed E-state index contributed by atoms with van der Waals surface area (Å²) in [7, 11) is -3.51. The smallest absolute Gasteiger partial charge is 0.217 e. The first-order valence-electron chi connectivity index (χ1n) is 8.17. The number of benzene rings is 2. The van der Waals surface area contributed by atoms with Crippen molar-refractivity contribution < 1.29 is 8.42 Å². The molecule has 0 fully saturated rings. The number of rotatable bonds is 7. The zero-order valence-electron chi connectivity index (χ0n) is 14.7. The van der Waals surface area contributed by atoms with Crippen molar-refractivity contribution >= 4 is 34.0 Å². The quantitative estimate of drug-likeness (QED) is 0.591. The van der Waals surface area contributed by atoms with Crippen LogP contribution >= 0.6 is 24.0 Å². The van der Waals surface area contributed by atoms with Crippen LogP contribution in [0.2, 0.25) is 5.02 Å². The van der Waals surface area contributed by atoms with E-state index in [1.165, 1.54) is 6.20 Å². The molecule has 6 nitrogen and oxygen atoms in total. The second-order valence-corrected chi connectivity index (χ2v) is 8.29. The Morgan fingerprint density at radius 1 is 1.14 bits per heavy atom. The zero-order valence-corrected chi connectivity index (χ0v) is 17.1. The van der Waals surface area contributed by atoms with Crippen molar-refractivity contribution in [2.24, 2.45) is 0 Å². The average molecular weight is 437 g/mol. The number of sulfonamides is 1. The Labute approximate surface area is 175 Å². The highest BCUT2D eigenvalue weighted by Gasteiger charge is 2.14. The van der Waals surface area contributed by atoms with E-state index in [1.807, 2.05) is 12.1 Å². The van der Waals surface area contributed by atoms with Crippen molar-refractivity contribution in [1.29, 1.82) is 5.26 Å². The van der Waals surface area contributed by atoms with Gasteiger partial charge in [-0.15, -0.1) is 12.4 Å². The summed E-state index contributed by atoms with van der Waals surface area (Å²) >= 11 is 5.90. The van der Waals surface area contributed by atoms with Gasteiger partial charge in [0.15, 0.2) is 0 Å². The second-order valence-electron chi connectivity index (χ2n) is 6.05. The van der Waals surface area contributed by atoms with Gasteiger partial charge in [-0.05, 0) is 35.4 Å². The predicted molar refractivity (Wildman–Crippen MR) is 111 cm³/mol. The minimum Gasteiger partial charge on any atom is -0.345 e. The Morgan fingerprint density at radius 2 is 1.89 bits per heavy atom. The van der Waals surface area contributed by atoms with E-state index in [0.717, 1.165) is 11.1 Å². The van der Waals surface area contributed by atoms with Crippen molar-refractivity contribution in [2.75, 3.05) is 0 Å². The van der Waals surface area contributed by atoms with E-state index in [2.05, 4.69) is 20.8 Å². The Bertz CT molecular complexity index is 1070. The van der Waals surface area contributed by atoms with Crippen LogP contribution in [0.3, 0.4) is 0 Å². The molecule has 2 aromatic carbocycles. The largest absolute Gasteiger partial charge is 0.345 e. The van der Waals surface area contributed by atoms with Crippen LogP contribution in [0.15, 0.2) is 54.7 Å². The molecule has 0 aliphatic heterocycles. The summed E-state index contributed by atoms with van der Waals surface area (Å²) in [4.78, 5) is 7.28. The molecule has 0 saturated carbocycles. The first-order valence-corrected chi connectivity index (χ1v) is 10.2. The number of nitrogens with zero attached hydrogens (tertiary/aromatic N) is 2. The molecule has 3 aromatic rings. The Morgan fingerprint density at radius 3 is 2.57 bits per heavy atom. The Hall–Kier alpha value is -2.37. The SMILES string of the molecule is Cl.N#Cc1ccc(Cc2ncc(CS(=O)(=O)NCc3cccc(Cl)c3)[nH]2)cc1. The average Bonchev–Trinajstić information content (AvgIpc) is 3.07. The number of aromatic nitrogens is 2. The summed E-state index contributed by atoms with van der Waals surface area (Å²) in [5, 5.41) is 9.38. The molecule has 1 heterocycles. The first kappa shape index (κ1) is 21.9. The van der Waals surface area contributed by atoms with Gasteiger partial charge < -0.3 is 4.98 Å². The number of halogens is 2. The summed E-state index contributed by atoms with van der Waals surface area (Å²) in [5.41, 5.74) is 2.88. The minimum atomic E-state index is -3.51. The van der Waals surface area contributed by atoms with E-state index < -0.39 is 10.0 Å². The number of aromatic amines is 1. The minimum absolute atomic E-state index is 0. The van der Waals surface area contributed by atoms with Gasteiger partial charge in [0.05, 0.1) is 17.3 Å². The van der Waals surface area contributed by atoms with E-state index in [9.17, 15) is 8.42 Å². The molecule has 0 aliphatic carbocycles. The van der Waals surface area contributed by atoms with E-state index in [4.69, 9.17) is 16.9 Å². The maximum absolute atomic E-state index is 12.3. The highest BCUT2D eigenvalue weighted by atomic mass is 35.5. The zero-order chi connectivity index (χ0) is 19.3. The van der Waals surface area contributed by atoms with Gasteiger partial charge in [0.25, 0.3) is 0 Å². The third-order valence-corrected chi connectivity index (χ3v) is 5.38.